The summed E-state index contributed by atoms with van der Waals surface area (Å²) in [6.45, 7) is 27.6. The summed E-state index contributed by atoms with van der Waals surface area (Å²) < 4.78 is 20.9. The number of pyridine rings is 2. The van der Waals surface area contributed by atoms with Crippen LogP contribution in [0.15, 0.2) is 373 Å². The first kappa shape index (κ1) is 78.7. The molecular formula is C122H96BN7O2. The average molecular weight is 1700 g/mol. The van der Waals surface area contributed by atoms with E-state index in [0.29, 0.717) is 0 Å². The van der Waals surface area contributed by atoms with Crippen molar-refractivity contribution in [3.05, 3.63) is 386 Å². The topological polar surface area (TPSA) is 73.3 Å². The van der Waals surface area contributed by atoms with Gasteiger partial charge in [0.05, 0.1) is 72.3 Å². The van der Waals surface area contributed by atoms with Crippen LogP contribution < -0.4 is 26.2 Å². The largest absolute Gasteiger partial charge is 0.456 e. The first-order valence-corrected chi connectivity index (χ1v) is 46.3. The highest BCUT2D eigenvalue weighted by Gasteiger charge is 2.46. The molecule has 634 valence electrons. The van der Waals surface area contributed by atoms with Crippen LogP contribution in [0.25, 0.3) is 183 Å². The lowest BCUT2D eigenvalue weighted by Crippen LogP contribution is -2.61. The van der Waals surface area contributed by atoms with Gasteiger partial charge >= 0.3 is 0 Å². The quantitative estimate of drug-likeness (QED) is 0.127. The normalized spacial score (nSPS) is 13.1. The van der Waals surface area contributed by atoms with Crippen molar-refractivity contribution < 1.29 is 8.83 Å². The van der Waals surface area contributed by atoms with E-state index in [-0.39, 0.29) is 21.7 Å². The van der Waals surface area contributed by atoms with Crippen LogP contribution in [-0.2, 0) is 21.7 Å². The molecule has 132 heavy (non-hydrogen) atoms. The van der Waals surface area contributed by atoms with E-state index in [9.17, 15) is 0 Å². The van der Waals surface area contributed by atoms with Crippen molar-refractivity contribution in [2.75, 3.05) is 9.80 Å². The first-order valence-electron chi connectivity index (χ1n) is 46.3. The van der Waals surface area contributed by atoms with E-state index >= 15 is 0 Å². The van der Waals surface area contributed by atoms with E-state index in [4.69, 9.17) is 18.8 Å². The smallest absolute Gasteiger partial charge is 0.252 e. The number of anilines is 6. The molecular weight excluding hydrogens is 1610 g/mol. The molecule has 0 aliphatic carbocycles. The monoisotopic (exact) mass is 1700 g/mol. The summed E-state index contributed by atoms with van der Waals surface area (Å²) >= 11 is 0. The lowest BCUT2D eigenvalue weighted by atomic mass is 9.33. The van der Waals surface area contributed by atoms with Gasteiger partial charge in [0.15, 0.2) is 0 Å². The van der Waals surface area contributed by atoms with Crippen molar-refractivity contribution in [3.8, 4) is 73.2 Å². The van der Waals surface area contributed by atoms with Crippen LogP contribution in [0.1, 0.15) is 105 Å². The Kier molecular flexibility index (Phi) is 17.3. The number of hydrogen-bond donors (Lipinski definition) is 0. The van der Waals surface area contributed by atoms with Crippen LogP contribution in [-0.4, -0.2) is 30.4 Å². The molecule has 9 heterocycles. The second kappa shape index (κ2) is 29.0. The van der Waals surface area contributed by atoms with Gasteiger partial charge in [-0.3, -0.25) is 9.13 Å². The maximum absolute atomic E-state index is 6.87. The fourth-order valence-electron chi connectivity index (χ4n) is 21.6. The van der Waals surface area contributed by atoms with E-state index in [1.807, 2.05) is 0 Å². The third-order valence-electron chi connectivity index (χ3n) is 28.2. The Bertz CT molecular complexity index is 8670. The Morgan fingerprint density at radius 3 is 1.17 bits per heavy atom. The summed E-state index contributed by atoms with van der Waals surface area (Å²) in [6, 6.07) is 136. The SMILES string of the molecule is CC(C)(C)c1cc(-c2cc3c4c(c2)N(c2ccccc2-c2ccccc2)c2ccc(-c5cc(-n6c7ccc(C(C)(C)C)cc7c7cc(C(C)(C)C)ccc76)cc(-n6c7ccccc7c7ccc8oc9ccccc9c8c76)n5)cc2B4c2cc(-c4cccc(-n5c6ccccc6c6ccc7oc8ccccc8c7c65)n4)ccc2N3c2ccccc2-c2ccccc2)cc(C(C)(C)C)c1. The second-order valence-corrected chi connectivity index (χ2v) is 40.5. The van der Waals surface area contributed by atoms with E-state index < -0.39 is 6.71 Å². The summed E-state index contributed by atoms with van der Waals surface area (Å²) in [7, 11) is 0. The molecule has 0 saturated carbocycles. The summed E-state index contributed by atoms with van der Waals surface area (Å²) in [4.78, 5) is 17.4. The van der Waals surface area contributed by atoms with Crippen LogP contribution in [0, 0.1) is 0 Å². The van der Waals surface area contributed by atoms with E-state index in [0.717, 1.165) is 217 Å². The first-order chi connectivity index (χ1) is 64.0. The zero-order valence-corrected chi connectivity index (χ0v) is 76.2. The lowest BCUT2D eigenvalue weighted by Gasteiger charge is -2.45. The molecule has 25 rings (SSSR count). The van der Waals surface area contributed by atoms with Crippen LogP contribution in [0.5, 0.6) is 0 Å². The Balaban J connectivity index is 0.805. The highest BCUT2D eigenvalue weighted by molar-refractivity contribution is 7.00. The van der Waals surface area contributed by atoms with Gasteiger partial charge in [-0.2, -0.15) is 0 Å². The molecule has 10 heteroatoms. The van der Waals surface area contributed by atoms with Gasteiger partial charge in [0.25, 0.3) is 6.71 Å². The molecule has 9 nitrogen and oxygen atoms in total. The molecule has 0 bridgehead atoms. The zero-order chi connectivity index (χ0) is 89.3. The molecule has 0 spiro atoms. The van der Waals surface area contributed by atoms with Gasteiger partial charge in [0, 0.05) is 83.0 Å². The minimum Gasteiger partial charge on any atom is -0.456 e. The maximum atomic E-state index is 6.87. The van der Waals surface area contributed by atoms with Crippen molar-refractivity contribution in [1.29, 1.82) is 0 Å². The molecule has 0 amide bonds. The molecule has 0 saturated heterocycles. The molecule has 7 aromatic heterocycles. The molecule has 0 N–H and O–H groups in total. The van der Waals surface area contributed by atoms with Gasteiger partial charge in [-0.15, -0.1) is 0 Å². The molecule has 0 atom stereocenters. The number of aromatic nitrogens is 5. The number of rotatable bonds is 10. The van der Waals surface area contributed by atoms with Crippen molar-refractivity contribution in [2.24, 2.45) is 0 Å². The average Bonchev–Trinajstić information content (AvgIpc) is 1.21. The Morgan fingerprint density at radius 1 is 0.242 bits per heavy atom. The number of hydrogen-bond acceptors (Lipinski definition) is 6. The number of fused-ring (bicyclic) bond motifs is 21. The summed E-state index contributed by atoms with van der Waals surface area (Å²) in [6.07, 6.45) is 0. The van der Waals surface area contributed by atoms with Gasteiger partial charge in [-0.05, 0) is 221 Å². The summed E-state index contributed by atoms with van der Waals surface area (Å²) in [5.74, 6) is 1.58. The minimum absolute atomic E-state index is 0.115. The van der Waals surface area contributed by atoms with E-state index in [1.54, 1.807) is 0 Å². The Labute approximate surface area is 767 Å². The molecule has 2 aliphatic heterocycles. The molecule has 0 radical (unpaired) electrons. The third-order valence-corrected chi connectivity index (χ3v) is 28.2. The predicted molar refractivity (Wildman–Crippen MR) is 556 cm³/mol. The molecule has 0 unspecified atom stereocenters. The van der Waals surface area contributed by atoms with Crippen LogP contribution in [0.4, 0.5) is 34.1 Å². The Hall–Kier alpha value is -15.5. The lowest BCUT2D eigenvalue weighted by molar-refractivity contribution is 0.569. The third kappa shape index (κ3) is 12.3. The van der Waals surface area contributed by atoms with Crippen molar-refractivity contribution in [2.45, 2.75) is 105 Å². The number of furan rings is 2. The molecule has 2 aliphatic rings. The van der Waals surface area contributed by atoms with Crippen molar-refractivity contribution in [1.82, 2.24) is 23.7 Å². The van der Waals surface area contributed by atoms with Crippen molar-refractivity contribution >= 4 is 167 Å². The number of nitrogens with zero attached hydrogens (tertiary/aromatic N) is 7. The highest BCUT2D eigenvalue weighted by atomic mass is 16.3. The van der Waals surface area contributed by atoms with Gasteiger partial charge in [0.2, 0.25) is 0 Å². The van der Waals surface area contributed by atoms with Gasteiger partial charge in [-0.25, -0.2) is 9.97 Å². The van der Waals surface area contributed by atoms with Gasteiger partial charge < -0.3 is 23.2 Å². The molecule has 0 fully saturated rings. The number of para-hydroxylation sites is 6. The summed E-state index contributed by atoms with van der Waals surface area (Å²) in [5, 5.41) is 11.2. The summed E-state index contributed by atoms with van der Waals surface area (Å²) in [5.41, 5.74) is 35.5. The fraction of sp³-hybridized carbons (Fsp3) is 0.131. The van der Waals surface area contributed by atoms with Crippen LogP contribution in [0.2, 0.25) is 0 Å². The standard InChI is InChI=1S/C122H96BN7O2/c1-119(2,3)79-52-58-102-92(69-79)93-70-80(120(4,5)6)53-59-103(93)126(102)83-71-97(125-113(72-83)130-101-46-28-22-39-87(101)89-55-61-111-115(118(89)130)91-41-24-30-48-109(91)132-111)76-51-57-105-95(65-76)123-94-64-75(96-42-31-49-112(124-96)129-100-45-27-21-38-86(100)88-54-60-110-114(117(88)129)90-40-23-29-47-108(90)131-110)50-56-104(94)127(98-43-25-19-36-84(98)73-32-15-13-16-33-73)106-66-78(77-62-81(121(7,8)9)68-82(63-77)122(10,11)12)67-107(116(106)123)128(105)99-44-26-20-37-85(99)74-34-17-14-18-35-74/h13-72H,1-12H3. The van der Waals surface area contributed by atoms with Gasteiger partial charge in [0.1, 0.15) is 34.0 Å². The zero-order valence-electron chi connectivity index (χ0n) is 76.2. The van der Waals surface area contributed by atoms with Crippen LogP contribution >= 0.6 is 0 Å². The molecule has 16 aromatic carbocycles. The molecule has 23 aromatic rings. The maximum Gasteiger partial charge on any atom is 0.252 e. The Morgan fingerprint density at radius 2 is 0.667 bits per heavy atom. The van der Waals surface area contributed by atoms with Crippen LogP contribution in [0.3, 0.4) is 0 Å². The minimum atomic E-state index is -0.419. The highest BCUT2D eigenvalue weighted by Crippen LogP contribution is 2.53. The van der Waals surface area contributed by atoms with E-state index in [1.165, 1.54) is 38.5 Å². The fourth-order valence-corrected chi connectivity index (χ4v) is 21.6. The van der Waals surface area contributed by atoms with E-state index in [2.05, 4.69) is 471 Å². The second-order valence-electron chi connectivity index (χ2n) is 40.5. The predicted octanol–water partition coefficient (Wildman–Crippen LogP) is 31.2. The number of benzene rings is 16. The van der Waals surface area contributed by atoms with Gasteiger partial charge in [-0.1, -0.05) is 314 Å². The van der Waals surface area contributed by atoms with Crippen molar-refractivity contribution in [3.63, 3.8) is 0 Å².